The molecule has 0 heterocycles. The van der Waals surface area contributed by atoms with Crippen LogP contribution >= 0.6 is 0 Å². The van der Waals surface area contributed by atoms with E-state index in [0.29, 0.717) is 24.9 Å². The molecule has 18 heavy (non-hydrogen) atoms. The van der Waals surface area contributed by atoms with Crippen molar-refractivity contribution in [3.8, 4) is 5.75 Å². The molecule has 1 amide bonds. The van der Waals surface area contributed by atoms with Crippen molar-refractivity contribution in [1.29, 1.82) is 0 Å². The highest BCUT2D eigenvalue weighted by Gasteiger charge is 2.06. The van der Waals surface area contributed by atoms with Gasteiger partial charge in [-0.05, 0) is 12.5 Å². The lowest BCUT2D eigenvalue weighted by molar-refractivity contribution is -0.120. The molecule has 0 saturated carbocycles. The zero-order valence-electron chi connectivity index (χ0n) is 9.97. The summed E-state index contributed by atoms with van der Waals surface area (Å²) in [6, 6.07) is 6.71. The molecule has 98 valence electrons. The van der Waals surface area contributed by atoms with Crippen molar-refractivity contribution in [2.75, 3.05) is 6.54 Å². The Morgan fingerprint density at radius 3 is 2.78 bits per heavy atom. The third-order valence-electron chi connectivity index (χ3n) is 2.40. The first-order valence-corrected chi connectivity index (χ1v) is 5.63. The highest BCUT2D eigenvalue weighted by atomic mass is 16.4. The summed E-state index contributed by atoms with van der Waals surface area (Å²) < 4.78 is 0. The predicted octanol–water partition coefficient (Wildman–Crippen LogP) is 0.577. The van der Waals surface area contributed by atoms with Crippen molar-refractivity contribution < 1.29 is 15.1 Å². The van der Waals surface area contributed by atoms with Crippen molar-refractivity contribution >= 4 is 11.7 Å². The van der Waals surface area contributed by atoms with Gasteiger partial charge >= 0.3 is 0 Å². The minimum absolute atomic E-state index is 0.115. The molecule has 0 aliphatic carbocycles. The molecule has 1 rings (SSSR count). The molecule has 0 saturated heterocycles. The number of phenolic OH excluding ortho intramolecular Hbond substituents is 1. The predicted molar refractivity (Wildman–Crippen MR) is 67.5 cm³/mol. The molecule has 0 atom stereocenters. The number of nitrogens with zero attached hydrogens (tertiary/aromatic N) is 1. The lowest BCUT2D eigenvalue weighted by Crippen LogP contribution is -2.27. The van der Waals surface area contributed by atoms with E-state index in [0.717, 1.165) is 0 Å². The zero-order valence-corrected chi connectivity index (χ0v) is 9.97. The fourth-order valence-electron chi connectivity index (χ4n) is 1.44. The average Bonchev–Trinajstić information content (AvgIpc) is 2.37. The standard InChI is InChI=1S/C12H17N3O3/c13-11(15-18)6-3-7-14-12(17)8-9-4-1-2-5-10(9)16/h1-2,4-5,16,18H,3,6-8H2,(H2,13,15)(H,14,17). The summed E-state index contributed by atoms with van der Waals surface area (Å²) in [4.78, 5) is 11.5. The molecule has 0 spiro atoms. The molecule has 5 N–H and O–H groups in total. The molecule has 6 nitrogen and oxygen atoms in total. The Labute approximate surface area is 105 Å². The Bertz CT molecular complexity index is 432. The first-order valence-electron chi connectivity index (χ1n) is 5.63. The molecule has 0 aliphatic heterocycles. The van der Waals surface area contributed by atoms with E-state index >= 15 is 0 Å². The second-order valence-corrected chi connectivity index (χ2v) is 3.85. The SMILES string of the molecule is N/C(CCCNC(=O)Cc1ccccc1O)=N/O. The summed E-state index contributed by atoms with van der Waals surface area (Å²) in [5.74, 6) is 0.0882. The Morgan fingerprint density at radius 2 is 2.11 bits per heavy atom. The zero-order chi connectivity index (χ0) is 13.4. The molecule has 1 aromatic carbocycles. The Hall–Kier alpha value is -2.24. The lowest BCUT2D eigenvalue weighted by Gasteiger charge is -2.06. The molecule has 0 fully saturated rings. The van der Waals surface area contributed by atoms with Crippen LogP contribution in [0.15, 0.2) is 29.4 Å². The third kappa shape index (κ3) is 4.73. The highest BCUT2D eigenvalue weighted by Crippen LogP contribution is 2.15. The number of carbonyl (C=O) groups is 1. The topological polar surface area (TPSA) is 108 Å². The molecule has 0 aliphatic rings. The van der Waals surface area contributed by atoms with E-state index < -0.39 is 0 Å². The monoisotopic (exact) mass is 251 g/mol. The number of rotatable bonds is 6. The van der Waals surface area contributed by atoms with Gasteiger partial charge in [-0.15, -0.1) is 0 Å². The van der Waals surface area contributed by atoms with Crippen molar-refractivity contribution in [1.82, 2.24) is 5.32 Å². The Morgan fingerprint density at radius 1 is 1.39 bits per heavy atom. The van der Waals surface area contributed by atoms with Gasteiger partial charge < -0.3 is 21.4 Å². The molecular weight excluding hydrogens is 234 g/mol. The third-order valence-corrected chi connectivity index (χ3v) is 2.40. The van der Waals surface area contributed by atoms with E-state index in [-0.39, 0.29) is 23.9 Å². The fourth-order valence-corrected chi connectivity index (χ4v) is 1.44. The minimum atomic E-state index is -0.170. The number of nitrogens with one attached hydrogen (secondary N) is 1. The van der Waals surface area contributed by atoms with Gasteiger partial charge in [-0.3, -0.25) is 4.79 Å². The van der Waals surface area contributed by atoms with Crippen LogP contribution in [-0.2, 0) is 11.2 Å². The van der Waals surface area contributed by atoms with Gasteiger partial charge in [-0.1, -0.05) is 23.4 Å². The summed E-state index contributed by atoms with van der Waals surface area (Å²) in [6.45, 7) is 0.447. The van der Waals surface area contributed by atoms with Gasteiger partial charge in [0.25, 0.3) is 0 Å². The Kier molecular flexibility index (Phi) is 5.50. The number of aromatic hydroxyl groups is 1. The van der Waals surface area contributed by atoms with Crippen LogP contribution in [0.1, 0.15) is 18.4 Å². The maximum absolute atomic E-state index is 11.5. The Balaban J connectivity index is 2.28. The van der Waals surface area contributed by atoms with Gasteiger partial charge in [0.05, 0.1) is 6.42 Å². The van der Waals surface area contributed by atoms with Crippen molar-refractivity contribution in [2.24, 2.45) is 10.9 Å². The van der Waals surface area contributed by atoms with E-state index in [2.05, 4.69) is 10.5 Å². The molecule has 0 radical (unpaired) electrons. The van der Waals surface area contributed by atoms with Crippen LogP contribution in [0.25, 0.3) is 0 Å². The van der Waals surface area contributed by atoms with E-state index in [1.165, 1.54) is 0 Å². The van der Waals surface area contributed by atoms with Gasteiger partial charge in [0.1, 0.15) is 11.6 Å². The molecule has 0 aromatic heterocycles. The molecular formula is C12H17N3O3. The largest absolute Gasteiger partial charge is 0.508 e. The fraction of sp³-hybridized carbons (Fsp3) is 0.333. The number of phenols is 1. The number of para-hydroxylation sites is 1. The first kappa shape index (κ1) is 13.8. The van der Waals surface area contributed by atoms with E-state index in [1.807, 2.05) is 0 Å². The van der Waals surface area contributed by atoms with Crippen molar-refractivity contribution in [3.05, 3.63) is 29.8 Å². The number of hydrogen-bond donors (Lipinski definition) is 4. The van der Waals surface area contributed by atoms with E-state index in [1.54, 1.807) is 24.3 Å². The van der Waals surface area contributed by atoms with Crippen LogP contribution in [0, 0.1) is 0 Å². The van der Waals surface area contributed by atoms with Crippen LogP contribution in [-0.4, -0.2) is 28.6 Å². The summed E-state index contributed by atoms with van der Waals surface area (Å²) >= 11 is 0. The summed E-state index contributed by atoms with van der Waals surface area (Å²) in [5, 5.41) is 23.3. The number of amidine groups is 1. The van der Waals surface area contributed by atoms with Gasteiger partial charge in [0.2, 0.25) is 5.91 Å². The minimum Gasteiger partial charge on any atom is -0.508 e. The van der Waals surface area contributed by atoms with Crippen LogP contribution in [0.3, 0.4) is 0 Å². The van der Waals surface area contributed by atoms with Gasteiger partial charge in [-0.25, -0.2) is 0 Å². The van der Waals surface area contributed by atoms with Gasteiger partial charge in [0.15, 0.2) is 0 Å². The van der Waals surface area contributed by atoms with E-state index in [9.17, 15) is 9.90 Å². The number of hydrogen-bond acceptors (Lipinski definition) is 4. The quantitative estimate of drug-likeness (QED) is 0.195. The van der Waals surface area contributed by atoms with Crippen molar-refractivity contribution in [3.63, 3.8) is 0 Å². The number of benzene rings is 1. The number of carbonyl (C=O) groups excluding carboxylic acids is 1. The molecule has 0 unspecified atom stereocenters. The van der Waals surface area contributed by atoms with Crippen LogP contribution in [0.4, 0.5) is 0 Å². The number of nitrogens with two attached hydrogens (primary N) is 1. The van der Waals surface area contributed by atoms with Crippen LogP contribution in [0.5, 0.6) is 5.75 Å². The lowest BCUT2D eigenvalue weighted by atomic mass is 10.1. The van der Waals surface area contributed by atoms with Crippen LogP contribution in [0.2, 0.25) is 0 Å². The van der Waals surface area contributed by atoms with Crippen molar-refractivity contribution in [2.45, 2.75) is 19.3 Å². The first-order chi connectivity index (χ1) is 8.63. The molecule has 0 bridgehead atoms. The summed E-state index contributed by atoms with van der Waals surface area (Å²) in [5.41, 5.74) is 5.88. The van der Waals surface area contributed by atoms with Crippen LogP contribution < -0.4 is 11.1 Å². The second kappa shape index (κ2) is 7.16. The highest BCUT2D eigenvalue weighted by molar-refractivity contribution is 5.80. The average molecular weight is 251 g/mol. The molecule has 6 heteroatoms. The maximum atomic E-state index is 11.5. The summed E-state index contributed by atoms with van der Waals surface area (Å²) in [6.07, 6.45) is 1.16. The smallest absolute Gasteiger partial charge is 0.224 e. The van der Waals surface area contributed by atoms with E-state index in [4.69, 9.17) is 10.9 Å². The maximum Gasteiger partial charge on any atom is 0.224 e. The molecule has 1 aromatic rings. The second-order valence-electron chi connectivity index (χ2n) is 3.85. The number of amides is 1. The number of oxime groups is 1. The van der Waals surface area contributed by atoms with Gasteiger partial charge in [0, 0.05) is 18.5 Å². The normalized spacial score (nSPS) is 11.2. The summed E-state index contributed by atoms with van der Waals surface area (Å²) in [7, 11) is 0. The van der Waals surface area contributed by atoms with Gasteiger partial charge in [-0.2, -0.15) is 0 Å².